The molecule has 98 valence electrons. The van der Waals surface area contributed by atoms with Crippen LogP contribution in [0.4, 0.5) is 0 Å². The highest BCUT2D eigenvalue weighted by molar-refractivity contribution is 6.66. The second kappa shape index (κ2) is 7.40. The van der Waals surface area contributed by atoms with E-state index in [-0.39, 0.29) is 0 Å². The predicted molar refractivity (Wildman–Crippen MR) is 70.1 cm³/mol. The van der Waals surface area contributed by atoms with E-state index < -0.39 is 14.4 Å². The van der Waals surface area contributed by atoms with Crippen molar-refractivity contribution in [3.8, 4) is 0 Å². The van der Waals surface area contributed by atoms with E-state index in [1.54, 1.807) is 6.92 Å². The first-order valence-electron chi connectivity index (χ1n) is 6.25. The molecule has 4 nitrogen and oxygen atoms in total. The second-order valence-electron chi connectivity index (χ2n) is 4.66. The lowest BCUT2D eigenvalue weighted by Gasteiger charge is -2.33. The molecule has 0 aromatic rings. The summed E-state index contributed by atoms with van der Waals surface area (Å²) in [7, 11) is -2.18. The number of rotatable bonds is 9. The van der Waals surface area contributed by atoms with Gasteiger partial charge in [-0.15, -0.1) is 0 Å². The molecular weight excluding hydrogens is 220 g/mol. The summed E-state index contributed by atoms with van der Waals surface area (Å²) >= 11 is 0. The Morgan fingerprint density at radius 3 is 2.19 bits per heavy atom. The molecule has 0 saturated heterocycles. The van der Waals surface area contributed by atoms with Gasteiger partial charge in [-0.2, -0.15) is 0 Å². The van der Waals surface area contributed by atoms with Crippen LogP contribution >= 0.6 is 0 Å². The third-order valence-corrected chi connectivity index (χ3v) is 5.40. The number of unbranched alkanes of at least 4 members (excludes halogenated alkanes) is 3. The Bertz CT molecular complexity index is 185. The molecule has 0 aromatic heterocycles. The summed E-state index contributed by atoms with van der Waals surface area (Å²) in [6.07, 6.45) is 4.85. The van der Waals surface area contributed by atoms with Gasteiger partial charge in [0.15, 0.2) is 5.85 Å². The van der Waals surface area contributed by atoms with E-state index in [2.05, 4.69) is 6.92 Å². The Morgan fingerprint density at radius 1 is 1.12 bits per heavy atom. The van der Waals surface area contributed by atoms with Gasteiger partial charge in [0.25, 0.3) is 0 Å². The van der Waals surface area contributed by atoms with Crippen LogP contribution in [0.5, 0.6) is 0 Å². The molecule has 0 spiro atoms. The molecule has 4 N–H and O–H groups in total. The van der Waals surface area contributed by atoms with E-state index in [1.165, 1.54) is 19.3 Å². The highest BCUT2D eigenvalue weighted by atomic mass is 28.4. The molecule has 1 unspecified atom stereocenters. The number of hydrogen-bond donors (Lipinski definition) is 2. The molecule has 0 aliphatic carbocycles. The van der Waals surface area contributed by atoms with Gasteiger partial charge in [-0.05, 0) is 26.4 Å². The van der Waals surface area contributed by atoms with Crippen LogP contribution in [-0.4, -0.2) is 21.0 Å². The molecule has 0 radical (unpaired) electrons. The summed E-state index contributed by atoms with van der Waals surface area (Å²) in [6.45, 7) is 8.55. The van der Waals surface area contributed by atoms with Crippen molar-refractivity contribution in [2.45, 2.75) is 64.9 Å². The average molecular weight is 248 g/mol. The Kier molecular flexibility index (Phi) is 7.42. The lowest BCUT2D eigenvalue weighted by Crippen LogP contribution is -2.57. The van der Waals surface area contributed by atoms with Crippen molar-refractivity contribution < 1.29 is 8.85 Å². The van der Waals surface area contributed by atoms with Crippen LogP contribution in [0, 0.1) is 0 Å². The lowest BCUT2D eigenvalue weighted by atomic mass is 10.2. The van der Waals surface area contributed by atoms with Gasteiger partial charge in [-0.25, -0.2) is 0 Å². The van der Waals surface area contributed by atoms with Crippen molar-refractivity contribution in [3.63, 3.8) is 0 Å². The highest BCUT2D eigenvalue weighted by Crippen LogP contribution is 2.20. The third kappa shape index (κ3) is 8.24. The van der Waals surface area contributed by atoms with E-state index in [1.807, 2.05) is 13.5 Å². The van der Waals surface area contributed by atoms with Crippen molar-refractivity contribution in [3.05, 3.63) is 0 Å². The van der Waals surface area contributed by atoms with Crippen LogP contribution in [0.15, 0.2) is 0 Å². The van der Waals surface area contributed by atoms with Crippen LogP contribution < -0.4 is 11.5 Å². The monoisotopic (exact) mass is 248 g/mol. The largest absolute Gasteiger partial charge is 0.395 e. The van der Waals surface area contributed by atoms with E-state index >= 15 is 0 Å². The normalized spacial score (nSPS) is 16.1. The summed E-state index contributed by atoms with van der Waals surface area (Å²) in [4.78, 5) is 0. The topological polar surface area (TPSA) is 70.5 Å². The van der Waals surface area contributed by atoms with E-state index in [4.69, 9.17) is 20.3 Å². The fourth-order valence-corrected chi connectivity index (χ4v) is 4.53. The minimum Gasteiger partial charge on any atom is -0.395 e. The van der Waals surface area contributed by atoms with Crippen molar-refractivity contribution in [1.82, 2.24) is 0 Å². The van der Waals surface area contributed by atoms with E-state index in [0.29, 0.717) is 6.61 Å². The molecule has 5 heteroatoms. The molecule has 0 rings (SSSR count). The summed E-state index contributed by atoms with van der Waals surface area (Å²) in [5.41, 5.74) is 11.4. The first kappa shape index (κ1) is 16.1. The van der Waals surface area contributed by atoms with Gasteiger partial charge < -0.3 is 8.85 Å². The Hall–Kier alpha value is 0.0569. The molecule has 16 heavy (non-hydrogen) atoms. The van der Waals surface area contributed by atoms with Crippen LogP contribution in [0.1, 0.15) is 46.5 Å². The SMILES string of the molecule is CCCCCC[Si](C)(OCC)OC(C)(N)N. The molecule has 0 fully saturated rings. The van der Waals surface area contributed by atoms with Crippen molar-refractivity contribution in [1.29, 1.82) is 0 Å². The van der Waals surface area contributed by atoms with Crippen LogP contribution in [0.3, 0.4) is 0 Å². The Morgan fingerprint density at radius 2 is 1.75 bits per heavy atom. The summed E-state index contributed by atoms with van der Waals surface area (Å²) in [5, 5.41) is 0. The summed E-state index contributed by atoms with van der Waals surface area (Å²) < 4.78 is 11.5. The van der Waals surface area contributed by atoms with Gasteiger partial charge in [-0.1, -0.05) is 32.6 Å². The third-order valence-electron chi connectivity index (χ3n) is 2.37. The Balaban J connectivity index is 4.11. The molecular formula is C11H28N2O2Si. The van der Waals surface area contributed by atoms with Gasteiger partial charge in [-0.3, -0.25) is 11.5 Å². The van der Waals surface area contributed by atoms with Gasteiger partial charge in [0.1, 0.15) is 0 Å². The molecule has 1 atom stereocenters. The van der Waals surface area contributed by atoms with E-state index in [9.17, 15) is 0 Å². The standard InChI is InChI=1S/C11H28N2O2Si/c1-5-7-8-9-10-16(4,14-6-2)15-11(3,12)13/h5-10,12-13H2,1-4H3. The molecule has 0 heterocycles. The summed E-state index contributed by atoms with van der Waals surface area (Å²) in [6, 6.07) is 0.963. The zero-order valence-electron chi connectivity index (χ0n) is 11.2. The molecule has 0 aliphatic rings. The van der Waals surface area contributed by atoms with Crippen molar-refractivity contribution in [2.24, 2.45) is 11.5 Å². The fraction of sp³-hybridized carbons (Fsp3) is 1.00. The van der Waals surface area contributed by atoms with Crippen molar-refractivity contribution >= 4 is 8.56 Å². The number of nitrogens with two attached hydrogens (primary N) is 2. The van der Waals surface area contributed by atoms with Gasteiger partial charge in [0.2, 0.25) is 0 Å². The smallest absolute Gasteiger partial charge is 0.337 e. The highest BCUT2D eigenvalue weighted by Gasteiger charge is 2.35. The zero-order chi connectivity index (χ0) is 12.7. The quantitative estimate of drug-likeness (QED) is 0.373. The first-order valence-corrected chi connectivity index (χ1v) is 8.77. The summed E-state index contributed by atoms with van der Waals surface area (Å²) in [5.74, 6) is -1.08. The maximum Gasteiger partial charge on any atom is 0.337 e. The van der Waals surface area contributed by atoms with Crippen molar-refractivity contribution in [2.75, 3.05) is 6.61 Å². The molecule has 0 aliphatic heterocycles. The maximum absolute atomic E-state index is 5.74. The fourth-order valence-electron chi connectivity index (χ4n) is 1.80. The minimum atomic E-state index is -2.18. The minimum absolute atomic E-state index is 0.659. The van der Waals surface area contributed by atoms with Gasteiger partial charge >= 0.3 is 8.56 Å². The molecule has 0 aromatic carbocycles. The Labute approximate surface area is 101 Å². The molecule has 0 saturated carbocycles. The molecule has 0 bridgehead atoms. The lowest BCUT2D eigenvalue weighted by molar-refractivity contribution is 0.0479. The van der Waals surface area contributed by atoms with Crippen LogP contribution in [0.25, 0.3) is 0 Å². The number of hydrogen-bond acceptors (Lipinski definition) is 4. The predicted octanol–water partition coefficient (Wildman–Crippen LogP) is 2.28. The van der Waals surface area contributed by atoms with Crippen LogP contribution in [-0.2, 0) is 8.85 Å². The maximum atomic E-state index is 5.74. The second-order valence-corrected chi connectivity index (χ2v) is 7.92. The average Bonchev–Trinajstić information content (AvgIpc) is 2.10. The van der Waals surface area contributed by atoms with Gasteiger partial charge in [0.05, 0.1) is 0 Å². The molecule has 0 amide bonds. The van der Waals surface area contributed by atoms with Crippen LogP contribution in [0.2, 0.25) is 12.6 Å². The zero-order valence-corrected chi connectivity index (χ0v) is 12.2. The van der Waals surface area contributed by atoms with Gasteiger partial charge in [0, 0.05) is 6.61 Å². The first-order chi connectivity index (χ1) is 7.33. The van der Waals surface area contributed by atoms with E-state index in [0.717, 1.165) is 12.5 Å².